The second-order valence-corrected chi connectivity index (χ2v) is 3.94. The van der Waals surface area contributed by atoms with Gasteiger partial charge in [0.2, 0.25) is 5.91 Å². The highest BCUT2D eigenvalue weighted by Gasteiger charge is 2.00. The van der Waals surface area contributed by atoms with Crippen molar-refractivity contribution >= 4 is 21.8 Å². The fourth-order valence-corrected chi connectivity index (χ4v) is 1.53. The second-order valence-electron chi connectivity index (χ2n) is 3.14. The summed E-state index contributed by atoms with van der Waals surface area (Å²) in [6, 6.07) is 1.96. The first-order valence-electron chi connectivity index (χ1n) is 4.77. The molecule has 1 amide bonds. The largest absolute Gasteiger partial charge is 0.367 e. The normalized spacial score (nSPS) is 10.1. The Bertz CT molecular complexity index is 259. The Morgan fingerprint density at radius 1 is 1.50 bits per heavy atom. The summed E-state index contributed by atoms with van der Waals surface area (Å²) in [5.74, 6) is 0.132. The van der Waals surface area contributed by atoms with Crippen molar-refractivity contribution in [2.24, 2.45) is 0 Å². The van der Waals surface area contributed by atoms with Crippen molar-refractivity contribution in [1.82, 2.24) is 10.3 Å². The summed E-state index contributed by atoms with van der Waals surface area (Å²) >= 11 is 3.33. The Balaban J connectivity index is 2.09. The van der Waals surface area contributed by atoms with Gasteiger partial charge in [-0.25, -0.2) is 0 Å². The van der Waals surface area contributed by atoms with Gasteiger partial charge in [-0.2, -0.15) is 0 Å². The fourth-order valence-electron chi connectivity index (χ4n) is 1.14. The van der Waals surface area contributed by atoms with E-state index in [9.17, 15) is 4.79 Å². The van der Waals surface area contributed by atoms with Gasteiger partial charge in [-0.1, -0.05) is 15.9 Å². The average molecular weight is 259 g/mol. The van der Waals surface area contributed by atoms with E-state index in [0.29, 0.717) is 13.0 Å². The van der Waals surface area contributed by atoms with Crippen LogP contribution >= 0.6 is 15.9 Å². The van der Waals surface area contributed by atoms with Crippen molar-refractivity contribution < 1.29 is 4.79 Å². The Morgan fingerprint density at radius 3 is 3.00 bits per heavy atom. The maximum absolute atomic E-state index is 11.3. The van der Waals surface area contributed by atoms with Crippen LogP contribution in [-0.4, -0.2) is 16.2 Å². The minimum Gasteiger partial charge on any atom is -0.367 e. The molecule has 0 atom stereocenters. The third kappa shape index (κ3) is 4.46. The van der Waals surface area contributed by atoms with Gasteiger partial charge in [-0.15, -0.1) is 0 Å². The first-order chi connectivity index (χ1) is 6.83. The zero-order chi connectivity index (χ0) is 10.2. The summed E-state index contributed by atoms with van der Waals surface area (Å²) in [5, 5.41) is 3.84. The Kier molecular flexibility index (Phi) is 5.37. The number of alkyl halides is 1. The zero-order valence-electron chi connectivity index (χ0n) is 8.05. The molecule has 0 radical (unpaired) electrons. The molecule has 0 saturated carbocycles. The van der Waals surface area contributed by atoms with Crippen molar-refractivity contribution in [2.75, 3.05) is 5.33 Å². The molecule has 0 aliphatic carbocycles. The van der Waals surface area contributed by atoms with Crippen LogP contribution in [-0.2, 0) is 11.3 Å². The van der Waals surface area contributed by atoms with Crippen LogP contribution in [0.25, 0.3) is 0 Å². The third-order valence-electron chi connectivity index (χ3n) is 1.94. The number of H-pyrrole nitrogens is 1. The van der Waals surface area contributed by atoms with Crippen molar-refractivity contribution in [3.8, 4) is 0 Å². The number of amides is 1. The monoisotopic (exact) mass is 258 g/mol. The smallest absolute Gasteiger partial charge is 0.220 e. The molecule has 1 aromatic heterocycles. The summed E-state index contributed by atoms with van der Waals surface area (Å²) in [7, 11) is 0. The van der Waals surface area contributed by atoms with Gasteiger partial charge < -0.3 is 10.3 Å². The van der Waals surface area contributed by atoms with Gasteiger partial charge in [0.25, 0.3) is 0 Å². The van der Waals surface area contributed by atoms with Crippen molar-refractivity contribution in [3.05, 3.63) is 24.0 Å². The van der Waals surface area contributed by atoms with Gasteiger partial charge in [0.15, 0.2) is 0 Å². The number of carbonyl (C=O) groups is 1. The molecular weight excluding hydrogens is 244 g/mol. The number of unbranched alkanes of at least 4 members (excludes halogenated alkanes) is 1. The van der Waals surface area contributed by atoms with Gasteiger partial charge in [0.1, 0.15) is 0 Å². The van der Waals surface area contributed by atoms with E-state index in [1.807, 2.05) is 18.5 Å². The van der Waals surface area contributed by atoms with E-state index in [4.69, 9.17) is 0 Å². The third-order valence-corrected chi connectivity index (χ3v) is 2.50. The molecule has 0 aromatic carbocycles. The number of hydrogen-bond donors (Lipinski definition) is 2. The first kappa shape index (κ1) is 11.3. The molecule has 3 nitrogen and oxygen atoms in total. The summed E-state index contributed by atoms with van der Waals surface area (Å²) in [5.41, 5.74) is 1.11. The van der Waals surface area contributed by atoms with E-state index in [0.717, 1.165) is 23.7 Å². The molecule has 0 aliphatic rings. The summed E-state index contributed by atoms with van der Waals surface area (Å²) < 4.78 is 0. The topological polar surface area (TPSA) is 44.9 Å². The van der Waals surface area contributed by atoms with Crippen LogP contribution in [0.2, 0.25) is 0 Å². The van der Waals surface area contributed by atoms with Gasteiger partial charge in [0, 0.05) is 30.7 Å². The van der Waals surface area contributed by atoms with E-state index in [-0.39, 0.29) is 5.91 Å². The lowest BCUT2D eigenvalue weighted by atomic mass is 10.2. The van der Waals surface area contributed by atoms with E-state index in [1.165, 1.54) is 0 Å². The lowest BCUT2D eigenvalue weighted by molar-refractivity contribution is -0.121. The minimum atomic E-state index is 0.132. The fraction of sp³-hybridized carbons (Fsp3) is 0.500. The Morgan fingerprint density at radius 2 is 2.36 bits per heavy atom. The summed E-state index contributed by atoms with van der Waals surface area (Å²) in [6.45, 7) is 0.622. The molecule has 0 fully saturated rings. The zero-order valence-corrected chi connectivity index (χ0v) is 9.64. The predicted octanol–water partition coefficient (Wildman–Crippen LogP) is 2.20. The number of halogens is 1. The molecule has 0 unspecified atom stereocenters. The van der Waals surface area contributed by atoms with Gasteiger partial charge in [-0.05, 0) is 24.5 Å². The number of aromatic nitrogens is 1. The van der Waals surface area contributed by atoms with Crippen molar-refractivity contribution in [2.45, 2.75) is 25.8 Å². The highest BCUT2D eigenvalue weighted by atomic mass is 79.9. The molecule has 2 N–H and O–H groups in total. The number of rotatable bonds is 6. The highest BCUT2D eigenvalue weighted by Crippen LogP contribution is 1.99. The molecule has 1 aromatic rings. The maximum atomic E-state index is 11.3. The Hall–Kier alpha value is -0.770. The predicted molar refractivity (Wildman–Crippen MR) is 60.3 cm³/mol. The minimum absolute atomic E-state index is 0.132. The average Bonchev–Trinajstić information content (AvgIpc) is 2.68. The maximum Gasteiger partial charge on any atom is 0.220 e. The van der Waals surface area contributed by atoms with Crippen LogP contribution in [0.1, 0.15) is 24.8 Å². The van der Waals surface area contributed by atoms with Gasteiger partial charge >= 0.3 is 0 Å². The number of aromatic amines is 1. The van der Waals surface area contributed by atoms with E-state index in [2.05, 4.69) is 26.2 Å². The van der Waals surface area contributed by atoms with Crippen LogP contribution in [0.3, 0.4) is 0 Å². The molecule has 0 aliphatic heterocycles. The van der Waals surface area contributed by atoms with Crippen LogP contribution in [0.15, 0.2) is 18.5 Å². The van der Waals surface area contributed by atoms with Crippen molar-refractivity contribution in [3.63, 3.8) is 0 Å². The molecule has 14 heavy (non-hydrogen) atoms. The number of carbonyl (C=O) groups excluding carboxylic acids is 1. The molecule has 0 bridgehead atoms. The second kappa shape index (κ2) is 6.65. The van der Waals surface area contributed by atoms with E-state index in [1.54, 1.807) is 0 Å². The molecular formula is C10H15BrN2O. The SMILES string of the molecule is O=C(CCCCBr)NCc1cc[nH]c1. The highest BCUT2D eigenvalue weighted by molar-refractivity contribution is 9.09. The lowest BCUT2D eigenvalue weighted by Crippen LogP contribution is -2.22. The van der Waals surface area contributed by atoms with Crippen LogP contribution in [0, 0.1) is 0 Å². The van der Waals surface area contributed by atoms with Gasteiger partial charge in [0.05, 0.1) is 0 Å². The quantitative estimate of drug-likeness (QED) is 0.597. The summed E-state index contributed by atoms with van der Waals surface area (Å²) in [4.78, 5) is 14.2. The molecule has 1 heterocycles. The number of nitrogens with one attached hydrogen (secondary N) is 2. The van der Waals surface area contributed by atoms with Crippen LogP contribution in [0.5, 0.6) is 0 Å². The molecule has 0 saturated heterocycles. The molecule has 0 spiro atoms. The molecule has 1 rings (SSSR count). The first-order valence-corrected chi connectivity index (χ1v) is 5.89. The Labute approximate surface area is 92.4 Å². The molecule has 78 valence electrons. The van der Waals surface area contributed by atoms with E-state index < -0.39 is 0 Å². The van der Waals surface area contributed by atoms with E-state index >= 15 is 0 Å². The summed E-state index contributed by atoms with van der Waals surface area (Å²) in [6.07, 6.45) is 6.36. The van der Waals surface area contributed by atoms with Crippen LogP contribution < -0.4 is 5.32 Å². The number of hydrogen-bond acceptors (Lipinski definition) is 1. The van der Waals surface area contributed by atoms with Crippen LogP contribution in [0.4, 0.5) is 0 Å². The van der Waals surface area contributed by atoms with Crippen molar-refractivity contribution in [1.29, 1.82) is 0 Å². The molecule has 4 heteroatoms. The standard InChI is InChI=1S/C10H15BrN2O/c11-5-2-1-3-10(14)13-8-9-4-6-12-7-9/h4,6-7,12H,1-3,5,8H2,(H,13,14). The lowest BCUT2D eigenvalue weighted by Gasteiger charge is -2.02. The van der Waals surface area contributed by atoms with Gasteiger partial charge in [-0.3, -0.25) is 4.79 Å².